The van der Waals surface area contributed by atoms with Gasteiger partial charge < -0.3 is 20.5 Å². The maximum absolute atomic E-state index is 13.8. The molecule has 0 spiro atoms. The molecule has 152 valence electrons. The first-order chi connectivity index (χ1) is 13.0. The van der Waals surface area contributed by atoms with Crippen molar-refractivity contribution in [2.24, 2.45) is 5.73 Å². The van der Waals surface area contributed by atoms with Gasteiger partial charge in [0, 0.05) is 13.1 Å². The lowest BCUT2D eigenvalue weighted by atomic mass is 9.97. The smallest absolute Gasteiger partial charge is 0.321 e. The Hall–Kier alpha value is -2.19. The maximum Gasteiger partial charge on any atom is 0.321 e. The fourth-order valence-electron chi connectivity index (χ4n) is 3.95. The van der Waals surface area contributed by atoms with Crippen molar-refractivity contribution in [2.45, 2.75) is 50.0 Å². The minimum absolute atomic E-state index is 0. The molecular formula is C19H25ClFN5O2. The number of nitrogens with zero attached hydrogens (tertiary/aromatic N) is 3. The molecule has 7 nitrogen and oxygen atoms in total. The Kier molecular flexibility index (Phi) is 6.20. The fraction of sp³-hybridized carbons (Fsp3) is 0.526. The third kappa shape index (κ3) is 4.12. The molecule has 2 aromatic rings. The SMILES string of the molecule is Cl.NC1(c2noc(C3CCCN(C(=O)Nc4ccccc4F)C3)n2)CCCC1. The number of aromatic nitrogens is 2. The summed E-state index contributed by atoms with van der Waals surface area (Å²) in [6.45, 7) is 1.07. The Labute approximate surface area is 169 Å². The summed E-state index contributed by atoms with van der Waals surface area (Å²) in [6, 6.07) is 5.81. The molecule has 0 radical (unpaired) electrons. The molecule has 2 amide bonds. The third-order valence-electron chi connectivity index (χ3n) is 5.56. The van der Waals surface area contributed by atoms with Gasteiger partial charge in [-0.2, -0.15) is 4.98 Å². The van der Waals surface area contributed by atoms with Gasteiger partial charge in [-0.25, -0.2) is 9.18 Å². The van der Waals surface area contributed by atoms with Gasteiger partial charge in [-0.15, -0.1) is 12.4 Å². The van der Waals surface area contributed by atoms with Gasteiger partial charge in [0.1, 0.15) is 5.82 Å². The second-order valence-corrected chi connectivity index (χ2v) is 7.51. The molecule has 1 atom stereocenters. The summed E-state index contributed by atoms with van der Waals surface area (Å²) in [6.07, 6.45) is 5.58. The molecule has 1 unspecified atom stereocenters. The van der Waals surface area contributed by atoms with E-state index in [1.807, 2.05) is 0 Å². The molecule has 2 heterocycles. The number of carbonyl (C=O) groups is 1. The monoisotopic (exact) mass is 409 g/mol. The Morgan fingerprint density at radius 2 is 2.04 bits per heavy atom. The third-order valence-corrected chi connectivity index (χ3v) is 5.56. The number of hydrogen-bond acceptors (Lipinski definition) is 5. The van der Waals surface area contributed by atoms with Crippen molar-refractivity contribution in [3.05, 3.63) is 41.8 Å². The van der Waals surface area contributed by atoms with Crippen LogP contribution in [0.4, 0.5) is 14.9 Å². The van der Waals surface area contributed by atoms with Crippen molar-refractivity contribution in [3.8, 4) is 0 Å². The van der Waals surface area contributed by atoms with Crippen LogP contribution in [0.5, 0.6) is 0 Å². The number of nitrogens with two attached hydrogens (primary N) is 1. The first kappa shape index (κ1) is 20.5. The number of halogens is 2. The van der Waals surface area contributed by atoms with E-state index < -0.39 is 11.4 Å². The number of urea groups is 1. The Bertz CT molecular complexity index is 824. The van der Waals surface area contributed by atoms with Crippen molar-refractivity contribution in [1.29, 1.82) is 0 Å². The molecule has 1 aromatic carbocycles. The summed E-state index contributed by atoms with van der Waals surface area (Å²) in [4.78, 5) is 18.7. The number of hydrogen-bond donors (Lipinski definition) is 2. The maximum atomic E-state index is 13.8. The lowest BCUT2D eigenvalue weighted by Gasteiger charge is -2.31. The normalized spacial score (nSPS) is 21.2. The molecule has 1 aromatic heterocycles. The minimum Gasteiger partial charge on any atom is -0.339 e. The minimum atomic E-state index is -0.488. The molecule has 1 aliphatic carbocycles. The Morgan fingerprint density at radius 3 is 2.79 bits per heavy atom. The molecule has 9 heteroatoms. The molecular weight excluding hydrogens is 385 g/mol. The van der Waals surface area contributed by atoms with Crippen LogP contribution in [0.15, 0.2) is 28.8 Å². The number of likely N-dealkylation sites (tertiary alicyclic amines) is 1. The van der Waals surface area contributed by atoms with Gasteiger partial charge in [0.05, 0.1) is 17.1 Å². The van der Waals surface area contributed by atoms with Gasteiger partial charge in [0.2, 0.25) is 5.89 Å². The first-order valence-corrected chi connectivity index (χ1v) is 9.48. The summed E-state index contributed by atoms with van der Waals surface area (Å²) in [5.74, 6) is 0.621. The molecule has 1 aliphatic heterocycles. The van der Waals surface area contributed by atoms with E-state index in [1.54, 1.807) is 23.1 Å². The molecule has 2 aliphatic rings. The lowest BCUT2D eigenvalue weighted by Crippen LogP contribution is -2.41. The number of rotatable bonds is 3. The summed E-state index contributed by atoms with van der Waals surface area (Å²) >= 11 is 0. The highest BCUT2D eigenvalue weighted by Gasteiger charge is 2.37. The molecule has 3 N–H and O–H groups in total. The van der Waals surface area contributed by atoms with E-state index in [4.69, 9.17) is 10.3 Å². The second kappa shape index (κ2) is 8.45. The van der Waals surface area contributed by atoms with Crippen LogP contribution in [0.2, 0.25) is 0 Å². The van der Waals surface area contributed by atoms with Crippen LogP contribution in [0.3, 0.4) is 0 Å². The van der Waals surface area contributed by atoms with E-state index in [2.05, 4.69) is 15.5 Å². The number of nitrogens with one attached hydrogen (secondary N) is 1. The van der Waals surface area contributed by atoms with Crippen LogP contribution < -0.4 is 11.1 Å². The van der Waals surface area contributed by atoms with E-state index in [-0.39, 0.29) is 30.0 Å². The number of para-hydroxylation sites is 1. The molecule has 1 saturated heterocycles. The van der Waals surface area contributed by atoms with Crippen molar-refractivity contribution < 1.29 is 13.7 Å². The summed E-state index contributed by atoms with van der Waals surface area (Å²) in [5, 5.41) is 6.75. The largest absolute Gasteiger partial charge is 0.339 e. The van der Waals surface area contributed by atoms with Gasteiger partial charge >= 0.3 is 6.03 Å². The van der Waals surface area contributed by atoms with Crippen LogP contribution >= 0.6 is 12.4 Å². The van der Waals surface area contributed by atoms with Gasteiger partial charge in [0.15, 0.2) is 5.82 Å². The summed E-state index contributed by atoms with van der Waals surface area (Å²) in [7, 11) is 0. The zero-order valence-corrected chi connectivity index (χ0v) is 16.4. The van der Waals surface area contributed by atoms with Gasteiger partial charge in [-0.3, -0.25) is 0 Å². The zero-order valence-electron chi connectivity index (χ0n) is 15.6. The van der Waals surface area contributed by atoms with Crippen molar-refractivity contribution >= 4 is 24.1 Å². The van der Waals surface area contributed by atoms with Crippen LogP contribution in [0.25, 0.3) is 0 Å². The molecule has 28 heavy (non-hydrogen) atoms. The zero-order chi connectivity index (χ0) is 18.9. The molecule has 1 saturated carbocycles. The predicted molar refractivity (Wildman–Crippen MR) is 105 cm³/mol. The van der Waals surface area contributed by atoms with E-state index in [0.717, 1.165) is 38.5 Å². The quantitative estimate of drug-likeness (QED) is 0.804. The average Bonchev–Trinajstić information content (AvgIpc) is 3.34. The van der Waals surface area contributed by atoms with Crippen LogP contribution in [0.1, 0.15) is 56.2 Å². The highest BCUT2D eigenvalue weighted by atomic mass is 35.5. The predicted octanol–water partition coefficient (Wildman–Crippen LogP) is 3.77. The number of anilines is 1. The fourth-order valence-corrected chi connectivity index (χ4v) is 3.95. The van der Waals surface area contributed by atoms with E-state index in [0.29, 0.717) is 24.8 Å². The van der Waals surface area contributed by atoms with E-state index in [1.165, 1.54) is 6.07 Å². The number of carbonyl (C=O) groups excluding carboxylic acids is 1. The topological polar surface area (TPSA) is 97.3 Å². The van der Waals surface area contributed by atoms with Gasteiger partial charge in [-0.05, 0) is 37.8 Å². The number of piperidine rings is 1. The number of benzene rings is 1. The van der Waals surface area contributed by atoms with Crippen LogP contribution in [-0.2, 0) is 5.54 Å². The van der Waals surface area contributed by atoms with Gasteiger partial charge in [0.25, 0.3) is 0 Å². The van der Waals surface area contributed by atoms with Gasteiger partial charge in [-0.1, -0.05) is 30.1 Å². The number of amides is 2. The standard InChI is InChI=1S/C19H24FN5O2.ClH/c20-14-7-1-2-8-15(14)22-18(26)25-11-5-6-13(12-25)16-23-17(24-27-16)19(21)9-3-4-10-19;/h1-2,7-8,13H,3-6,9-12,21H2,(H,22,26);1H. The Morgan fingerprint density at radius 1 is 1.29 bits per heavy atom. The van der Waals surface area contributed by atoms with Crippen molar-refractivity contribution in [3.63, 3.8) is 0 Å². The Balaban J connectivity index is 0.00000225. The molecule has 0 bridgehead atoms. The summed E-state index contributed by atoms with van der Waals surface area (Å²) in [5.41, 5.74) is 6.09. The van der Waals surface area contributed by atoms with Crippen LogP contribution in [-0.4, -0.2) is 34.2 Å². The van der Waals surface area contributed by atoms with Crippen molar-refractivity contribution in [1.82, 2.24) is 15.0 Å². The van der Waals surface area contributed by atoms with E-state index >= 15 is 0 Å². The van der Waals surface area contributed by atoms with Crippen molar-refractivity contribution in [2.75, 3.05) is 18.4 Å². The molecule has 4 rings (SSSR count). The highest BCUT2D eigenvalue weighted by molar-refractivity contribution is 5.89. The van der Waals surface area contributed by atoms with E-state index in [9.17, 15) is 9.18 Å². The van der Waals surface area contributed by atoms with Crippen LogP contribution in [0, 0.1) is 5.82 Å². The average molecular weight is 410 g/mol. The first-order valence-electron chi connectivity index (χ1n) is 9.48. The molecule has 2 fully saturated rings. The summed E-state index contributed by atoms with van der Waals surface area (Å²) < 4.78 is 19.3. The highest BCUT2D eigenvalue weighted by Crippen LogP contribution is 2.36. The lowest BCUT2D eigenvalue weighted by molar-refractivity contribution is 0.184. The second-order valence-electron chi connectivity index (χ2n) is 7.51.